The molecule has 0 radical (unpaired) electrons. The first-order valence-electron chi connectivity index (χ1n) is 19.2. The van der Waals surface area contributed by atoms with Gasteiger partial charge in [0.05, 0.1) is 64.4 Å². The Morgan fingerprint density at radius 3 is 1.47 bits per heavy atom. The number of aromatic amines is 2. The van der Waals surface area contributed by atoms with E-state index in [0.717, 1.165) is 11.1 Å². The summed E-state index contributed by atoms with van der Waals surface area (Å²) in [6.07, 6.45) is 2.04. The number of imidazole rings is 2. The van der Waals surface area contributed by atoms with Gasteiger partial charge in [0.15, 0.2) is 23.0 Å². The molecule has 0 aliphatic carbocycles. The molecular formula is C40H48N8O10. The number of hydrogen-bond acceptors (Lipinski definition) is 12. The highest BCUT2D eigenvalue weighted by atomic mass is 16.6. The number of alkyl carbamates (subject to hydrolysis) is 2. The summed E-state index contributed by atoms with van der Waals surface area (Å²) in [5, 5.41) is 5.32. The molecule has 308 valence electrons. The summed E-state index contributed by atoms with van der Waals surface area (Å²) in [4.78, 5) is 70.7. The number of carbonyl (C=O) groups excluding carboxylic acids is 4. The maximum Gasteiger partial charge on any atom is 0.407 e. The van der Waals surface area contributed by atoms with Crippen LogP contribution in [-0.4, -0.2) is 120 Å². The third-order valence-corrected chi connectivity index (χ3v) is 10.4. The van der Waals surface area contributed by atoms with E-state index in [0.29, 0.717) is 72.3 Å². The number of nitrogens with one attached hydrogen (secondary N) is 4. The summed E-state index contributed by atoms with van der Waals surface area (Å²) >= 11 is 0. The summed E-state index contributed by atoms with van der Waals surface area (Å²) in [5.74, 6) is 2.29. The average molecular weight is 801 g/mol. The molecule has 0 spiro atoms. The summed E-state index contributed by atoms with van der Waals surface area (Å²) in [6.45, 7) is 9.32. The van der Waals surface area contributed by atoms with Gasteiger partial charge < -0.3 is 58.8 Å². The molecule has 5 heterocycles. The fourth-order valence-electron chi connectivity index (χ4n) is 7.17. The van der Waals surface area contributed by atoms with Crippen molar-refractivity contribution in [3.05, 3.63) is 60.4 Å². The highest BCUT2D eigenvalue weighted by Crippen LogP contribution is 2.47. The van der Waals surface area contributed by atoms with Crippen LogP contribution in [0.2, 0.25) is 0 Å². The molecule has 2 aromatic carbocycles. The van der Waals surface area contributed by atoms with E-state index in [2.05, 4.69) is 30.6 Å². The number of nitrogens with zero attached hydrogens (tertiary/aromatic N) is 4. The molecule has 18 heteroatoms. The minimum absolute atomic E-state index is 0.176. The van der Waals surface area contributed by atoms with Crippen LogP contribution in [0.4, 0.5) is 9.59 Å². The molecule has 2 saturated heterocycles. The lowest BCUT2D eigenvalue weighted by molar-refractivity contribution is -0.144. The molecule has 4 amide bonds. The molecule has 4 N–H and O–H groups in total. The average Bonchev–Trinajstić information content (AvgIpc) is 3.94. The van der Waals surface area contributed by atoms with Gasteiger partial charge in [0.2, 0.25) is 11.8 Å². The van der Waals surface area contributed by atoms with E-state index in [9.17, 15) is 19.2 Å². The molecule has 58 heavy (non-hydrogen) atoms. The molecule has 7 rings (SSSR count). The largest absolute Gasteiger partial charge is 0.453 e. The van der Waals surface area contributed by atoms with Gasteiger partial charge in [-0.2, -0.15) is 0 Å². The second kappa shape index (κ2) is 17.2. The third kappa shape index (κ3) is 8.29. The number of morpholine rings is 2. The molecule has 2 fully saturated rings. The number of rotatable bonds is 10. The Morgan fingerprint density at radius 1 is 0.672 bits per heavy atom. The van der Waals surface area contributed by atoms with Crippen molar-refractivity contribution in [3.8, 4) is 45.5 Å². The van der Waals surface area contributed by atoms with Crippen molar-refractivity contribution >= 4 is 24.0 Å². The first-order valence-corrected chi connectivity index (χ1v) is 19.2. The van der Waals surface area contributed by atoms with Gasteiger partial charge in [-0.15, -0.1) is 0 Å². The second-order valence-electron chi connectivity index (χ2n) is 14.9. The lowest BCUT2D eigenvalue weighted by Gasteiger charge is -2.37. The predicted octanol–water partition coefficient (Wildman–Crippen LogP) is 4.93. The molecule has 3 aliphatic rings. The molecule has 3 aliphatic heterocycles. The zero-order chi connectivity index (χ0) is 41.1. The van der Waals surface area contributed by atoms with Crippen LogP contribution in [-0.2, 0) is 28.5 Å². The van der Waals surface area contributed by atoms with E-state index in [-0.39, 0.29) is 36.9 Å². The predicted molar refractivity (Wildman–Crippen MR) is 207 cm³/mol. The lowest BCUT2D eigenvalue weighted by Crippen LogP contribution is -2.54. The van der Waals surface area contributed by atoms with Crippen LogP contribution in [0.25, 0.3) is 22.5 Å². The van der Waals surface area contributed by atoms with Crippen LogP contribution in [0.3, 0.4) is 0 Å². The van der Waals surface area contributed by atoms with Crippen LogP contribution in [0, 0.1) is 11.8 Å². The minimum Gasteiger partial charge on any atom is -0.453 e. The number of H-pyrrole nitrogens is 2. The fourth-order valence-corrected chi connectivity index (χ4v) is 7.17. The highest BCUT2D eigenvalue weighted by Gasteiger charge is 2.38. The van der Waals surface area contributed by atoms with Gasteiger partial charge in [0.1, 0.15) is 35.8 Å². The topological polar surface area (TPSA) is 212 Å². The smallest absolute Gasteiger partial charge is 0.407 e. The maximum atomic E-state index is 13.7. The number of ether oxygens (including phenoxy) is 6. The fraction of sp³-hybridized carbons (Fsp3) is 0.450. The summed E-state index contributed by atoms with van der Waals surface area (Å²) < 4.78 is 33.6. The Labute approximate surface area is 334 Å². The van der Waals surface area contributed by atoms with Crippen LogP contribution in [0.5, 0.6) is 23.0 Å². The van der Waals surface area contributed by atoms with E-state index >= 15 is 0 Å². The third-order valence-electron chi connectivity index (χ3n) is 10.4. The molecule has 18 nitrogen and oxygen atoms in total. The zero-order valence-corrected chi connectivity index (χ0v) is 33.2. The van der Waals surface area contributed by atoms with Crippen molar-refractivity contribution in [1.82, 2.24) is 40.4 Å². The summed E-state index contributed by atoms with van der Waals surface area (Å²) in [5.41, 5.74) is 2.97. The first kappa shape index (κ1) is 40.1. The standard InChI is InChI=1S/C40H48N8O10/c1-21(2)33(45-39(51)53-5)37(49)47-11-13-55-19-27(47)35-41-17-25(43-35)23-7-9-29-31(15-23)57-30-10-8-24(16-32(30)58-29)26-18-42-36(44-26)28-20-56-14-12-48(28)38(50)34(22(3)4)46-40(52)54-6/h7-10,15-18,21-22,27-28,33-34H,11-14,19-20H2,1-6H3,(H,41,43)(H,42,44)(H,45,51)(H,46,52)/t27-,28-,33-,34-/m0/s1. The van der Waals surface area contributed by atoms with Crippen molar-refractivity contribution in [1.29, 1.82) is 0 Å². The van der Waals surface area contributed by atoms with Gasteiger partial charge in [0.25, 0.3) is 0 Å². The molecule has 4 aromatic rings. The maximum absolute atomic E-state index is 13.7. The van der Waals surface area contributed by atoms with Crippen LogP contribution in [0.1, 0.15) is 51.4 Å². The number of amides is 4. The van der Waals surface area contributed by atoms with Crippen LogP contribution in [0.15, 0.2) is 48.8 Å². The van der Waals surface area contributed by atoms with E-state index in [1.165, 1.54) is 14.2 Å². The normalized spacial score (nSPS) is 18.6. The lowest BCUT2D eigenvalue weighted by atomic mass is 10.0. The first-order chi connectivity index (χ1) is 27.9. The number of hydrogen-bond donors (Lipinski definition) is 4. The number of fused-ring (bicyclic) bond motifs is 2. The number of aromatic nitrogens is 4. The van der Waals surface area contributed by atoms with Gasteiger partial charge in [-0.3, -0.25) is 9.59 Å². The molecule has 2 aromatic heterocycles. The molecule has 4 atom stereocenters. The minimum atomic E-state index is -0.780. The van der Waals surface area contributed by atoms with Crippen molar-refractivity contribution in [3.63, 3.8) is 0 Å². The van der Waals surface area contributed by atoms with Crippen molar-refractivity contribution in [2.24, 2.45) is 11.8 Å². The quantitative estimate of drug-likeness (QED) is 0.148. The second-order valence-corrected chi connectivity index (χ2v) is 14.9. The Hall–Kier alpha value is -6.14. The number of carbonyl (C=O) groups is 4. The SMILES string of the molecule is COC(=O)N[C@H](C(=O)N1CCOC[C@H]1c1ncc(-c2ccc3c(c2)Oc2ccc(-c4cnc([C@@H]5COCCN5C(=O)[C@@H](NC(=O)OC)C(C)C)[nH]4)cc2O3)[nH]1)C(C)C. The molecule has 0 saturated carbocycles. The van der Waals surface area contributed by atoms with E-state index < -0.39 is 36.4 Å². The molecule has 0 unspecified atom stereocenters. The van der Waals surface area contributed by atoms with Gasteiger partial charge in [-0.1, -0.05) is 27.7 Å². The van der Waals surface area contributed by atoms with E-state index in [1.807, 2.05) is 64.1 Å². The number of benzene rings is 2. The Balaban J connectivity index is 1.05. The summed E-state index contributed by atoms with van der Waals surface area (Å²) in [7, 11) is 2.52. The van der Waals surface area contributed by atoms with Crippen molar-refractivity contribution in [2.75, 3.05) is 53.7 Å². The van der Waals surface area contributed by atoms with Gasteiger partial charge in [-0.25, -0.2) is 19.6 Å². The summed E-state index contributed by atoms with van der Waals surface area (Å²) in [6, 6.07) is 8.55. The Kier molecular flexibility index (Phi) is 11.8. The van der Waals surface area contributed by atoms with E-state index in [1.54, 1.807) is 22.2 Å². The monoisotopic (exact) mass is 800 g/mol. The van der Waals surface area contributed by atoms with E-state index in [4.69, 9.17) is 28.4 Å². The Morgan fingerprint density at radius 2 is 1.09 bits per heavy atom. The number of methoxy groups -OCH3 is 2. The van der Waals surface area contributed by atoms with Crippen molar-refractivity contribution < 1.29 is 47.6 Å². The zero-order valence-electron chi connectivity index (χ0n) is 33.2. The van der Waals surface area contributed by atoms with Crippen molar-refractivity contribution in [2.45, 2.75) is 51.9 Å². The Bertz CT molecular complexity index is 2000. The van der Waals surface area contributed by atoms with Gasteiger partial charge >= 0.3 is 12.2 Å². The molecule has 0 bridgehead atoms. The van der Waals surface area contributed by atoms with Gasteiger partial charge in [-0.05, 0) is 48.2 Å². The van der Waals surface area contributed by atoms with Crippen LogP contribution >= 0.6 is 0 Å². The molecular weight excluding hydrogens is 752 g/mol. The highest BCUT2D eigenvalue weighted by molar-refractivity contribution is 5.87. The van der Waals surface area contributed by atoms with Gasteiger partial charge in [0, 0.05) is 24.2 Å². The van der Waals surface area contributed by atoms with Crippen LogP contribution < -0.4 is 20.1 Å².